The number of rotatable bonds is 9. The lowest BCUT2D eigenvalue weighted by atomic mass is 10.0. The zero-order valence-corrected chi connectivity index (χ0v) is 13.2. The lowest BCUT2D eigenvalue weighted by Gasteiger charge is -2.10. The van der Waals surface area contributed by atoms with Crippen molar-refractivity contribution >= 4 is 11.7 Å². The van der Waals surface area contributed by atoms with E-state index in [0.29, 0.717) is 24.5 Å². The molecule has 0 aliphatic heterocycles. The lowest BCUT2D eigenvalue weighted by molar-refractivity contribution is -0.137. The first kappa shape index (κ1) is 16.9. The van der Waals surface area contributed by atoms with E-state index >= 15 is 0 Å². The number of unbranched alkanes of at least 4 members (excludes halogenated alkanes) is 2. The van der Waals surface area contributed by atoms with Crippen LogP contribution in [0.4, 0.5) is 5.69 Å². The van der Waals surface area contributed by atoms with Gasteiger partial charge in [-0.25, -0.2) is 0 Å². The second-order valence-corrected chi connectivity index (χ2v) is 5.59. The normalized spacial score (nSPS) is 10.4. The highest BCUT2D eigenvalue weighted by atomic mass is 16.5. The van der Waals surface area contributed by atoms with Gasteiger partial charge in [-0.15, -0.1) is 0 Å². The minimum Gasteiger partial charge on any atom is -0.491 e. The summed E-state index contributed by atoms with van der Waals surface area (Å²) in [5.41, 5.74) is 9.10. The molecule has 0 fully saturated rings. The van der Waals surface area contributed by atoms with Crippen molar-refractivity contribution in [3.05, 3.63) is 59.7 Å². The summed E-state index contributed by atoms with van der Waals surface area (Å²) in [6.07, 6.45) is 3.43. The number of carboxylic acid groups (broad SMARTS) is 1. The molecule has 23 heavy (non-hydrogen) atoms. The predicted molar refractivity (Wildman–Crippen MR) is 91.7 cm³/mol. The zero-order chi connectivity index (χ0) is 16.5. The molecule has 0 aromatic heterocycles. The molecule has 0 aliphatic rings. The Morgan fingerprint density at radius 3 is 2.48 bits per heavy atom. The Balaban J connectivity index is 1.79. The first-order valence-corrected chi connectivity index (χ1v) is 7.92. The van der Waals surface area contributed by atoms with Crippen LogP contribution in [0.15, 0.2) is 48.5 Å². The van der Waals surface area contributed by atoms with E-state index in [-0.39, 0.29) is 6.42 Å². The molecule has 3 N–H and O–H groups in total. The summed E-state index contributed by atoms with van der Waals surface area (Å²) >= 11 is 0. The maximum absolute atomic E-state index is 10.4. The highest BCUT2D eigenvalue weighted by molar-refractivity contribution is 5.66. The Bertz CT molecular complexity index is 626. The van der Waals surface area contributed by atoms with Gasteiger partial charge in [0, 0.05) is 6.42 Å². The monoisotopic (exact) mass is 313 g/mol. The number of anilines is 1. The summed E-state index contributed by atoms with van der Waals surface area (Å²) in [7, 11) is 0. The van der Waals surface area contributed by atoms with Gasteiger partial charge in [0.25, 0.3) is 0 Å². The van der Waals surface area contributed by atoms with Crippen LogP contribution in [0, 0.1) is 0 Å². The lowest BCUT2D eigenvalue weighted by Crippen LogP contribution is -2.02. The number of benzene rings is 2. The van der Waals surface area contributed by atoms with E-state index in [1.807, 2.05) is 36.4 Å². The Labute approximate surface area is 136 Å². The predicted octanol–water partition coefficient (Wildman–Crippen LogP) is 3.88. The molecule has 0 atom stereocenters. The first-order chi connectivity index (χ1) is 11.1. The second kappa shape index (κ2) is 8.83. The third-order valence-electron chi connectivity index (χ3n) is 3.62. The third kappa shape index (κ3) is 6.02. The molecule has 4 heteroatoms. The van der Waals surface area contributed by atoms with E-state index in [1.54, 1.807) is 0 Å². The Morgan fingerprint density at radius 1 is 1.00 bits per heavy atom. The number of hydrogen-bond acceptors (Lipinski definition) is 3. The standard InChI is InChI=1S/C19H23NO3/c20-17-14-16(13-15-7-3-1-4-8-15)10-11-18(17)23-12-6-2-5-9-19(21)22/h1,3-4,7-8,10-11,14H,2,5-6,9,12-13,20H2,(H,21,22). The fourth-order valence-electron chi connectivity index (χ4n) is 2.41. The van der Waals surface area contributed by atoms with Crippen LogP contribution < -0.4 is 10.5 Å². The van der Waals surface area contributed by atoms with Gasteiger partial charge < -0.3 is 15.6 Å². The van der Waals surface area contributed by atoms with Gasteiger partial charge in [-0.2, -0.15) is 0 Å². The SMILES string of the molecule is Nc1cc(Cc2ccccc2)ccc1OCCCCCC(=O)O. The summed E-state index contributed by atoms with van der Waals surface area (Å²) in [6, 6.07) is 16.1. The summed E-state index contributed by atoms with van der Waals surface area (Å²) in [5, 5.41) is 8.57. The van der Waals surface area contributed by atoms with Gasteiger partial charge in [0.2, 0.25) is 0 Å². The number of nitrogen functional groups attached to an aromatic ring is 1. The maximum Gasteiger partial charge on any atom is 0.303 e. The summed E-state index contributed by atoms with van der Waals surface area (Å²) < 4.78 is 5.68. The summed E-state index contributed by atoms with van der Waals surface area (Å²) in [6.45, 7) is 0.557. The van der Waals surface area contributed by atoms with Crippen LogP contribution in [0.5, 0.6) is 5.75 Å². The van der Waals surface area contributed by atoms with Crippen molar-refractivity contribution in [3.63, 3.8) is 0 Å². The molecule has 0 heterocycles. The van der Waals surface area contributed by atoms with Crippen molar-refractivity contribution in [1.82, 2.24) is 0 Å². The van der Waals surface area contributed by atoms with Crippen molar-refractivity contribution in [1.29, 1.82) is 0 Å². The van der Waals surface area contributed by atoms with E-state index in [9.17, 15) is 4.79 Å². The van der Waals surface area contributed by atoms with Gasteiger partial charge >= 0.3 is 5.97 Å². The number of ether oxygens (including phenoxy) is 1. The van der Waals surface area contributed by atoms with Crippen molar-refractivity contribution < 1.29 is 14.6 Å². The Hall–Kier alpha value is -2.49. The molecule has 2 aromatic carbocycles. The fraction of sp³-hybridized carbons (Fsp3) is 0.316. The summed E-state index contributed by atoms with van der Waals surface area (Å²) in [4.78, 5) is 10.4. The van der Waals surface area contributed by atoms with E-state index in [0.717, 1.165) is 24.8 Å². The minimum absolute atomic E-state index is 0.219. The molecule has 0 aliphatic carbocycles. The third-order valence-corrected chi connectivity index (χ3v) is 3.62. The molecule has 0 radical (unpaired) electrons. The quantitative estimate of drug-likeness (QED) is 0.544. The molecule has 0 bridgehead atoms. The number of carbonyl (C=O) groups is 1. The molecule has 0 amide bonds. The van der Waals surface area contributed by atoms with Crippen LogP contribution in [-0.2, 0) is 11.2 Å². The van der Waals surface area contributed by atoms with Gasteiger partial charge in [0.05, 0.1) is 12.3 Å². The van der Waals surface area contributed by atoms with Crippen LogP contribution >= 0.6 is 0 Å². The van der Waals surface area contributed by atoms with Crippen molar-refractivity contribution in [3.8, 4) is 5.75 Å². The second-order valence-electron chi connectivity index (χ2n) is 5.59. The van der Waals surface area contributed by atoms with E-state index in [2.05, 4.69) is 12.1 Å². The molecule has 2 aromatic rings. The fourth-order valence-corrected chi connectivity index (χ4v) is 2.41. The number of nitrogens with two attached hydrogens (primary N) is 1. The Morgan fingerprint density at radius 2 is 1.78 bits per heavy atom. The van der Waals surface area contributed by atoms with E-state index in [4.69, 9.17) is 15.6 Å². The number of aliphatic carboxylic acids is 1. The van der Waals surface area contributed by atoms with Gasteiger partial charge in [-0.3, -0.25) is 4.79 Å². The van der Waals surface area contributed by atoms with Crippen molar-refractivity contribution in [2.24, 2.45) is 0 Å². The van der Waals surface area contributed by atoms with Crippen LogP contribution in [0.1, 0.15) is 36.8 Å². The average Bonchev–Trinajstić information content (AvgIpc) is 2.53. The van der Waals surface area contributed by atoms with E-state index < -0.39 is 5.97 Å². The van der Waals surface area contributed by atoms with Gasteiger partial charge in [-0.05, 0) is 48.9 Å². The molecule has 0 saturated carbocycles. The number of hydrogen-bond donors (Lipinski definition) is 2. The van der Waals surface area contributed by atoms with Gasteiger partial charge in [0.15, 0.2) is 0 Å². The molecule has 122 valence electrons. The van der Waals surface area contributed by atoms with Crippen LogP contribution in [0.3, 0.4) is 0 Å². The highest BCUT2D eigenvalue weighted by Crippen LogP contribution is 2.24. The summed E-state index contributed by atoms with van der Waals surface area (Å²) in [5.74, 6) is -0.0517. The average molecular weight is 313 g/mol. The molecule has 4 nitrogen and oxygen atoms in total. The molecule has 2 rings (SSSR count). The smallest absolute Gasteiger partial charge is 0.303 e. The van der Waals surface area contributed by atoms with E-state index in [1.165, 1.54) is 5.56 Å². The zero-order valence-electron chi connectivity index (χ0n) is 13.2. The Kier molecular flexibility index (Phi) is 6.48. The highest BCUT2D eigenvalue weighted by Gasteiger charge is 2.03. The molecular weight excluding hydrogens is 290 g/mol. The van der Waals surface area contributed by atoms with Crippen LogP contribution in [0.25, 0.3) is 0 Å². The maximum atomic E-state index is 10.4. The van der Waals surface area contributed by atoms with Gasteiger partial charge in [0.1, 0.15) is 5.75 Å². The largest absolute Gasteiger partial charge is 0.491 e. The first-order valence-electron chi connectivity index (χ1n) is 7.92. The van der Waals surface area contributed by atoms with Crippen molar-refractivity contribution in [2.75, 3.05) is 12.3 Å². The molecule has 0 unspecified atom stereocenters. The number of carboxylic acids is 1. The van der Waals surface area contributed by atoms with Crippen LogP contribution in [-0.4, -0.2) is 17.7 Å². The van der Waals surface area contributed by atoms with Gasteiger partial charge in [-0.1, -0.05) is 36.4 Å². The minimum atomic E-state index is -0.746. The molecule has 0 saturated heterocycles. The molecular formula is C19H23NO3. The van der Waals surface area contributed by atoms with Crippen LogP contribution in [0.2, 0.25) is 0 Å². The topological polar surface area (TPSA) is 72.5 Å². The van der Waals surface area contributed by atoms with Crippen molar-refractivity contribution in [2.45, 2.75) is 32.1 Å². The molecule has 0 spiro atoms.